The third-order valence-corrected chi connectivity index (χ3v) is 3.95. The molecule has 6 heteroatoms. The van der Waals surface area contributed by atoms with Crippen LogP contribution in [0, 0.1) is 20.8 Å². The van der Waals surface area contributed by atoms with Crippen molar-refractivity contribution in [2.75, 3.05) is 0 Å². The number of rotatable bonds is 1. The van der Waals surface area contributed by atoms with Crippen LogP contribution in [0.5, 0.6) is 0 Å². The molecule has 1 aliphatic rings. The Hall–Kier alpha value is -2.11. The Morgan fingerprint density at radius 1 is 0.950 bits per heavy atom. The van der Waals surface area contributed by atoms with Gasteiger partial charge in [0, 0.05) is 18.8 Å². The van der Waals surface area contributed by atoms with Crippen molar-refractivity contribution in [3.05, 3.63) is 43.9 Å². The summed E-state index contributed by atoms with van der Waals surface area (Å²) in [5.41, 5.74) is 2.17. The van der Waals surface area contributed by atoms with Crippen molar-refractivity contribution in [2.24, 2.45) is 0 Å². The topological polar surface area (TPSA) is 61.8 Å². The van der Waals surface area contributed by atoms with E-state index in [1.54, 1.807) is 0 Å². The predicted molar refractivity (Wildman–Crippen MR) is 75.5 cm³/mol. The summed E-state index contributed by atoms with van der Waals surface area (Å²) in [4.78, 5) is 29.3. The quantitative estimate of drug-likeness (QED) is 0.776. The van der Waals surface area contributed by atoms with E-state index in [0.717, 1.165) is 29.7 Å². The third kappa shape index (κ3) is 1.75. The van der Waals surface area contributed by atoms with E-state index in [-0.39, 0.29) is 11.4 Å². The van der Waals surface area contributed by atoms with Gasteiger partial charge in [-0.15, -0.1) is 0 Å². The summed E-state index contributed by atoms with van der Waals surface area (Å²) < 4.78 is 4.26. The highest BCUT2D eigenvalue weighted by Gasteiger charge is 2.21. The van der Waals surface area contributed by atoms with Crippen molar-refractivity contribution in [2.45, 2.75) is 46.7 Å². The molecule has 0 saturated heterocycles. The van der Waals surface area contributed by atoms with Crippen molar-refractivity contribution >= 4 is 0 Å². The zero-order valence-corrected chi connectivity index (χ0v) is 12.0. The lowest BCUT2D eigenvalue weighted by Crippen LogP contribution is -2.30. The van der Waals surface area contributed by atoms with E-state index in [4.69, 9.17) is 0 Å². The van der Waals surface area contributed by atoms with Crippen molar-refractivity contribution in [1.82, 2.24) is 18.9 Å². The second-order valence-corrected chi connectivity index (χ2v) is 5.39. The van der Waals surface area contributed by atoms with Crippen LogP contribution >= 0.6 is 0 Å². The molecule has 0 bridgehead atoms. The molecule has 1 aliphatic heterocycles. The Morgan fingerprint density at radius 2 is 1.50 bits per heavy atom. The van der Waals surface area contributed by atoms with Crippen molar-refractivity contribution in [1.29, 1.82) is 0 Å². The van der Waals surface area contributed by atoms with E-state index in [9.17, 15) is 9.59 Å². The number of fused-ring (bicyclic) bond motifs is 1. The van der Waals surface area contributed by atoms with E-state index in [0.29, 0.717) is 18.9 Å². The summed E-state index contributed by atoms with van der Waals surface area (Å²) in [6.45, 7) is 6.94. The zero-order valence-electron chi connectivity index (χ0n) is 12.0. The Morgan fingerprint density at radius 3 is 2.05 bits per heavy atom. The second kappa shape index (κ2) is 4.47. The molecular weight excluding hydrogens is 256 g/mol. The standard InChI is InChI=1S/C14H18N4O2/c1-9-8-10(2)12(15-11(9)3)18-13(19)16-6-4-5-7-17(16)14(18)20/h8H,4-7H2,1-3H3. The number of aromatic nitrogens is 4. The minimum absolute atomic E-state index is 0.284. The van der Waals surface area contributed by atoms with E-state index in [2.05, 4.69) is 4.98 Å². The first kappa shape index (κ1) is 12.9. The van der Waals surface area contributed by atoms with E-state index in [1.807, 2.05) is 26.8 Å². The molecule has 106 valence electrons. The highest BCUT2D eigenvalue weighted by atomic mass is 16.2. The summed E-state index contributed by atoms with van der Waals surface area (Å²) in [5.74, 6) is 0.456. The van der Waals surface area contributed by atoms with E-state index < -0.39 is 0 Å². The Balaban J connectivity index is 2.31. The van der Waals surface area contributed by atoms with Crippen molar-refractivity contribution < 1.29 is 0 Å². The van der Waals surface area contributed by atoms with Gasteiger partial charge in [-0.25, -0.2) is 23.9 Å². The van der Waals surface area contributed by atoms with Gasteiger partial charge in [0.25, 0.3) is 0 Å². The molecule has 2 aromatic rings. The van der Waals surface area contributed by atoms with Gasteiger partial charge >= 0.3 is 11.4 Å². The maximum Gasteiger partial charge on any atom is 0.353 e. The zero-order chi connectivity index (χ0) is 14.4. The molecule has 20 heavy (non-hydrogen) atoms. The first-order valence-corrected chi connectivity index (χ1v) is 6.88. The predicted octanol–water partition coefficient (Wildman–Crippen LogP) is 0.915. The van der Waals surface area contributed by atoms with Crippen LogP contribution in [-0.2, 0) is 13.1 Å². The highest BCUT2D eigenvalue weighted by molar-refractivity contribution is 5.37. The number of nitrogens with zero attached hydrogens (tertiary/aromatic N) is 4. The average Bonchev–Trinajstić information content (AvgIpc) is 2.68. The van der Waals surface area contributed by atoms with Gasteiger partial charge in [0.2, 0.25) is 0 Å². The van der Waals surface area contributed by atoms with Crippen LogP contribution in [0.25, 0.3) is 5.82 Å². The molecule has 6 nitrogen and oxygen atoms in total. The maximum atomic E-state index is 12.4. The maximum absolute atomic E-state index is 12.4. The van der Waals surface area contributed by atoms with Crippen LogP contribution in [0.1, 0.15) is 29.7 Å². The smallest absolute Gasteiger partial charge is 0.245 e. The fourth-order valence-electron chi connectivity index (χ4n) is 2.71. The van der Waals surface area contributed by atoms with Crippen LogP contribution in [0.15, 0.2) is 15.7 Å². The fraction of sp³-hybridized carbons (Fsp3) is 0.500. The van der Waals surface area contributed by atoms with Gasteiger partial charge in [0.1, 0.15) is 5.82 Å². The van der Waals surface area contributed by atoms with Crippen LogP contribution in [-0.4, -0.2) is 18.9 Å². The van der Waals surface area contributed by atoms with E-state index in [1.165, 1.54) is 13.9 Å². The molecule has 0 fully saturated rings. The SMILES string of the molecule is Cc1cc(C)c(-n2c(=O)n3n(c2=O)CCCC3)nc1C. The Bertz CT molecular complexity index is 757. The molecule has 0 spiro atoms. The van der Waals surface area contributed by atoms with Gasteiger partial charge < -0.3 is 0 Å². The van der Waals surface area contributed by atoms with Crippen molar-refractivity contribution in [3.8, 4) is 5.82 Å². The normalized spacial score (nSPS) is 14.3. The average molecular weight is 274 g/mol. The van der Waals surface area contributed by atoms with Gasteiger partial charge in [0.05, 0.1) is 0 Å². The number of pyridine rings is 1. The molecule has 0 unspecified atom stereocenters. The molecule has 0 aromatic carbocycles. The summed E-state index contributed by atoms with van der Waals surface area (Å²) >= 11 is 0. The van der Waals surface area contributed by atoms with Crippen LogP contribution < -0.4 is 11.4 Å². The molecule has 0 aliphatic carbocycles. The molecule has 3 heterocycles. The fourth-order valence-corrected chi connectivity index (χ4v) is 2.71. The monoisotopic (exact) mass is 274 g/mol. The van der Waals surface area contributed by atoms with Gasteiger partial charge in [-0.1, -0.05) is 6.07 Å². The molecule has 0 atom stereocenters. The molecule has 0 radical (unpaired) electrons. The highest BCUT2D eigenvalue weighted by Crippen LogP contribution is 2.13. The van der Waals surface area contributed by atoms with Crippen molar-refractivity contribution in [3.63, 3.8) is 0 Å². The largest absolute Gasteiger partial charge is 0.353 e. The Kier molecular flexibility index (Phi) is 2.88. The van der Waals surface area contributed by atoms with Gasteiger partial charge in [-0.3, -0.25) is 0 Å². The molecular formula is C14H18N4O2. The summed E-state index contributed by atoms with van der Waals surface area (Å²) in [6.07, 6.45) is 1.87. The first-order valence-electron chi connectivity index (χ1n) is 6.88. The lowest BCUT2D eigenvalue weighted by Gasteiger charge is -2.13. The summed E-state index contributed by atoms with van der Waals surface area (Å²) in [6, 6.07) is 1.96. The number of hydrogen-bond acceptors (Lipinski definition) is 3. The summed E-state index contributed by atoms with van der Waals surface area (Å²) in [5, 5.41) is 0. The molecule has 3 rings (SSSR count). The third-order valence-electron chi connectivity index (χ3n) is 3.95. The molecule has 0 saturated carbocycles. The minimum atomic E-state index is -0.284. The number of aryl methyl sites for hydroxylation is 3. The molecule has 0 amide bonds. The second-order valence-electron chi connectivity index (χ2n) is 5.39. The number of hydrogen-bond donors (Lipinski definition) is 0. The first-order chi connectivity index (χ1) is 9.50. The molecule has 2 aromatic heterocycles. The van der Waals surface area contributed by atoms with Crippen LogP contribution in [0.4, 0.5) is 0 Å². The minimum Gasteiger partial charge on any atom is -0.245 e. The summed E-state index contributed by atoms with van der Waals surface area (Å²) in [7, 11) is 0. The molecule has 0 N–H and O–H groups in total. The lowest BCUT2D eigenvalue weighted by molar-refractivity contribution is 0.348. The van der Waals surface area contributed by atoms with E-state index >= 15 is 0 Å². The van der Waals surface area contributed by atoms with Gasteiger partial charge in [-0.2, -0.15) is 4.57 Å². The van der Waals surface area contributed by atoms with Gasteiger partial charge in [-0.05, 0) is 44.7 Å². The van der Waals surface area contributed by atoms with Gasteiger partial charge in [0.15, 0.2) is 0 Å². The Labute approximate surface area is 116 Å². The van der Waals surface area contributed by atoms with Crippen LogP contribution in [0.2, 0.25) is 0 Å². The lowest BCUT2D eigenvalue weighted by atomic mass is 10.1. The van der Waals surface area contributed by atoms with Crippen LogP contribution in [0.3, 0.4) is 0 Å².